The zero-order valence-electron chi connectivity index (χ0n) is 10.3. The average molecular weight is 213 g/mol. The van der Waals surface area contributed by atoms with Crippen LogP contribution in [0.4, 0.5) is 0 Å². The van der Waals surface area contributed by atoms with Gasteiger partial charge in [0.1, 0.15) is 0 Å². The predicted molar refractivity (Wildman–Crippen MR) is 64.6 cm³/mol. The standard InChI is InChI=1S/C13H27NO/c1-11(2)8-12-4-3-5-13(9-12,10-14)6-7-15/h11-12,15H,3-10,14H2,1-2H3. The topological polar surface area (TPSA) is 46.2 Å². The molecular formula is C13H27NO. The molecule has 1 aliphatic rings. The highest BCUT2D eigenvalue weighted by atomic mass is 16.3. The summed E-state index contributed by atoms with van der Waals surface area (Å²) < 4.78 is 0. The summed E-state index contributed by atoms with van der Waals surface area (Å²) in [7, 11) is 0. The zero-order chi connectivity index (χ0) is 11.3. The second kappa shape index (κ2) is 5.86. The minimum absolute atomic E-state index is 0.257. The van der Waals surface area contributed by atoms with E-state index in [4.69, 9.17) is 10.8 Å². The predicted octanol–water partition coefficient (Wildman–Crippen LogP) is 2.55. The molecule has 2 unspecified atom stereocenters. The molecule has 3 N–H and O–H groups in total. The Hall–Kier alpha value is -0.0800. The van der Waals surface area contributed by atoms with Gasteiger partial charge in [-0.05, 0) is 49.5 Å². The molecular weight excluding hydrogens is 186 g/mol. The molecule has 0 amide bonds. The van der Waals surface area contributed by atoms with Crippen LogP contribution in [0.25, 0.3) is 0 Å². The van der Waals surface area contributed by atoms with Crippen molar-refractivity contribution >= 4 is 0 Å². The first-order valence-electron chi connectivity index (χ1n) is 6.43. The molecule has 2 atom stereocenters. The van der Waals surface area contributed by atoms with Gasteiger partial charge in [0.25, 0.3) is 0 Å². The van der Waals surface area contributed by atoms with Gasteiger partial charge in [0.15, 0.2) is 0 Å². The Bertz CT molecular complexity index is 177. The normalized spacial score (nSPS) is 32.2. The fourth-order valence-electron chi connectivity index (χ4n) is 3.20. The lowest BCUT2D eigenvalue weighted by molar-refractivity contribution is 0.0955. The Morgan fingerprint density at radius 1 is 1.47 bits per heavy atom. The van der Waals surface area contributed by atoms with Crippen LogP contribution >= 0.6 is 0 Å². The van der Waals surface area contributed by atoms with Crippen LogP contribution in [0, 0.1) is 17.3 Å². The van der Waals surface area contributed by atoms with E-state index < -0.39 is 0 Å². The molecule has 0 aromatic rings. The molecule has 90 valence electrons. The fourth-order valence-corrected chi connectivity index (χ4v) is 3.20. The Kier molecular flexibility index (Phi) is 5.07. The van der Waals surface area contributed by atoms with Gasteiger partial charge in [-0.3, -0.25) is 0 Å². The maximum Gasteiger partial charge on any atom is 0.0436 e. The van der Waals surface area contributed by atoms with Crippen LogP contribution in [0.1, 0.15) is 52.4 Å². The summed E-state index contributed by atoms with van der Waals surface area (Å²) in [5, 5.41) is 9.13. The Morgan fingerprint density at radius 3 is 2.73 bits per heavy atom. The maximum atomic E-state index is 9.13. The van der Waals surface area contributed by atoms with Crippen molar-refractivity contribution in [3.05, 3.63) is 0 Å². The molecule has 0 aromatic carbocycles. The molecule has 2 nitrogen and oxygen atoms in total. The van der Waals surface area contributed by atoms with E-state index in [0.717, 1.165) is 24.8 Å². The SMILES string of the molecule is CC(C)CC1CCCC(CN)(CCO)C1. The molecule has 0 aromatic heterocycles. The van der Waals surface area contributed by atoms with Gasteiger partial charge >= 0.3 is 0 Å². The van der Waals surface area contributed by atoms with Crippen molar-refractivity contribution in [1.82, 2.24) is 0 Å². The molecule has 0 bridgehead atoms. The van der Waals surface area contributed by atoms with Crippen LogP contribution < -0.4 is 5.73 Å². The molecule has 0 saturated heterocycles. The van der Waals surface area contributed by atoms with E-state index in [0.29, 0.717) is 6.61 Å². The van der Waals surface area contributed by atoms with E-state index in [1.165, 1.54) is 32.1 Å². The van der Waals surface area contributed by atoms with Crippen molar-refractivity contribution in [3.8, 4) is 0 Å². The van der Waals surface area contributed by atoms with Gasteiger partial charge < -0.3 is 10.8 Å². The lowest BCUT2D eigenvalue weighted by Crippen LogP contribution is -2.37. The zero-order valence-corrected chi connectivity index (χ0v) is 10.3. The lowest BCUT2D eigenvalue weighted by atomic mass is 9.66. The first-order valence-corrected chi connectivity index (χ1v) is 6.43. The minimum Gasteiger partial charge on any atom is -0.396 e. The summed E-state index contributed by atoms with van der Waals surface area (Å²) in [6.45, 7) is 5.64. The van der Waals surface area contributed by atoms with Crippen molar-refractivity contribution < 1.29 is 5.11 Å². The first kappa shape index (κ1) is 13.0. The molecule has 0 radical (unpaired) electrons. The van der Waals surface area contributed by atoms with Crippen molar-refractivity contribution in [2.24, 2.45) is 23.0 Å². The summed E-state index contributed by atoms with van der Waals surface area (Å²) in [5.41, 5.74) is 6.16. The van der Waals surface area contributed by atoms with Crippen molar-refractivity contribution in [2.45, 2.75) is 52.4 Å². The third-order valence-electron chi connectivity index (χ3n) is 3.92. The minimum atomic E-state index is 0.257. The van der Waals surface area contributed by atoms with Crippen molar-refractivity contribution in [3.63, 3.8) is 0 Å². The van der Waals surface area contributed by atoms with Crippen molar-refractivity contribution in [2.75, 3.05) is 13.2 Å². The van der Waals surface area contributed by atoms with Gasteiger partial charge in [0.2, 0.25) is 0 Å². The van der Waals surface area contributed by atoms with Crippen LogP contribution in [0.15, 0.2) is 0 Å². The summed E-state index contributed by atoms with van der Waals surface area (Å²) in [5.74, 6) is 1.63. The third kappa shape index (κ3) is 3.76. The molecule has 2 heteroatoms. The smallest absolute Gasteiger partial charge is 0.0436 e. The summed E-state index contributed by atoms with van der Waals surface area (Å²) in [6, 6.07) is 0. The molecule has 1 aliphatic carbocycles. The van der Waals surface area contributed by atoms with Crippen LogP contribution in [0.2, 0.25) is 0 Å². The molecule has 0 heterocycles. The third-order valence-corrected chi connectivity index (χ3v) is 3.92. The number of aliphatic hydroxyl groups is 1. The quantitative estimate of drug-likeness (QED) is 0.737. The van der Waals surface area contributed by atoms with Crippen LogP contribution in [-0.4, -0.2) is 18.3 Å². The molecule has 0 aliphatic heterocycles. The van der Waals surface area contributed by atoms with Crippen LogP contribution in [0.3, 0.4) is 0 Å². The Morgan fingerprint density at radius 2 is 2.20 bits per heavy atom. The van der Waals surface area contributed by atoms with Crippen molar-refractivity contribution in [1.29, 1.82) is 0 Å². The molecule has 1 fully saturated rings. The van der Waals surface area contributed by atoms with Gasteiger partial charge in [0.05, 0.1) is 0 Å². The van der Waals surface area contributed by atoms with E-state index in [1.807, 2.05) is 0 Å². The Balaban J connectivity index is 2.51. The van der Waals surface area contributed by atoms with Gasteiger partial charge in [0, 0.05) is 6.61 Å². The van der Waals surface area contributed by atoms with Crippen LogP contribution in [-0.2, 0) is 0 Å². The van der Waals surface area contributed by atoms with Gasteiger partial charge in [-0.25, -0.2) is 0 Å². The highest BCUT2D eigenvalue weighted by Crippen LogP contribution is 2.43. The van der Waals surface area contributed by atoms with Gasteiger partial charge in [-0.15, -0.1) is 0 Å². The number of hydrogen-bond donors (Lipinski definition) is 2. The van der Waals surface area contributed by atoms with E-state index in [2.05, 4.69) is 13.8 Å². The largest absolute Gasteiger partial charge is 0.396 e. The van der Waals surface area contributed by atoms with E-state index in [1.54, 1.807) is 0 Å². The fraction of sp³-hybridized carbons (Fsp3) is 1.00. The summed E-state index contributed by atoms with van der Waals surface area (Å²) in [6.07, 6.45) is 7.35. The Labute approximate surface area is 94.2 Å². The number of aliphatic hydroxyl groups excluding tert-OH is 1. The van der Waals surface area contributed by atoms with Gasteiger partial charge in [-0.2, -0.15) is 0 Å². The highest BCUT2D eigenvalue weighted by molar-refractivity contribution is 4.87. The second-order valence-electron chi connectivity index (χ2n) is 5.77. The average Bonchev–Trinajstić information content (AvgIpc) is 2.17. The summed E-state index contributed by atoms with van der Waals surface area (Å²) >= 11 is 0. The summed E-state index contributed by atoms with van der Waals surface area (Å²) in [4.78, 5) is 0. The second-order valence-corrected chi connectivity index (χ2v) is 5.77. The lowest BCUT2D eigenvalue weighted by Gasteiger charge is -2.40. The van der Waals surface area contributed by atoms with Crippen LogP contribution in [0.5, 0.6) is 0 Å². The molecule has 0 spiro atoms. The first-order chi connectivity index (χ1) is 7.12. The monoisotopic (exact) mass is 213 g/mol. The molecule has 15 heavy (non-hydrogen) atoms. The molecule has 1 rings (SSSR count). The van der Waals surface area contributed by atoms with Gasteiger partial charge in [-0.1, -0.05) is 26.7 Å². The van der Waals surface area contributed by atoms with E-state index in [9.17, 15) is 0 Å². The van der Waals surface area contributed by atoms with E-state index in [-0.39, 0.29) is 5.41 Å². The highest BCUT2D eigenvalue weighted by Gasteiger charge is 2.34. The number of hydrogen-bond acceptors (Lipinski definition) is 2. The number of rotatable bonds is 5. The molecule has 1 saturated carbocycles. The number of nitrogens with two attached hydrogens (primary N) is 1. The maximum absolute atomic E-state index is 9.13. The van der Waals surface area contributed by atoms with E-state index >= 15 is 0 Å².